The number of rotatable bonds is 6. The molecule has 0 aliphatic rings. The van der Waals surface area contributed by atoms with Crippen LogP contribution in [0.3, 0.4) is 0 Å². The van der Waals surface area contributed by atoms with Crippen LogP contribution in [0.2, 0.25) is 0 Å². The predicted molar refractivity (Wildman–Crippen MR) is 123 cm³/mol. The quantitative estimate of drug-likeness (QED) is 0.345. The van der Waals surface area contributed by atoms with Crippen LogP contribution in [0.25, 0.3) is 21.5 Å². The number of methoxy groups -OCH3 is 1. The van der Waals surface area contributed by atoms with E-state index in [1.54, 1.807) is 36.1 Å². The van der Waals surface area contributed by atoms with E-state index in [4.69, 9.17) is 14.1 Å². The minimum absolute atomic E-state index is 0.184. The number of hydrogen-bond acceptors (Lipinski definition) is 5. The SMILES string of the molecule is COc1ccccc1Cc1nc2scc(-c3ccco3)c2c(=O)n1Cc1cccc(F)c1. The summed E-state index contributed by atoms with van der Waals surface area (Å²) in [6, 6.07) is 17.5. The first-order valence-electron chi connectivity index (χ1n) is 10.0. The molecular formula is C25H19FN2O3S. The Hall–Kier alpha value is -3.71. The van der Waals surface area contributed by atoms with E-state index in [9.17, 15) is 9.18 Å². The minimum Gasteiger partial charge on any atom is -0.496 e. The molecule has 0 bridgehead atoms. The van der Waals surface area contributed by atoms with Crippen LogP contribution >= 0.6 is 11.3 Å². The number of nitrogens with zero attached hydrogens (tertiary/aromatic N) is 2. The van der Waals surface area contributed by atoms with Crippen LogP contribution in [0.5, 0.6) is 5.75 Å². The van der Waals surface area contributed by atoms with Gasteiger partial charge in [0.25, 0.3) is 5.56 Å². The maximum atomic E-state index is 13.8. The second-order valence-electron chi connectivity index (χ2n) is 7.34. The van der Waals surface area contributed by atoms with Gasteiger partial charge in [0.15, 0.2) is 0 Å². The molecule has 0 saturated heterocycles. The fourth-order valence-electron chi connectivity index (χ4n) is 3.81. The average molecular weight is 447 g/mol. The smallest absolute Gasteiger partial charge is 0.263 e. The Bertz CT molecular complexity index is 1450. The summed E-state index contributed by atoms with van der Waals surface area (Å²) in [5.41, 5.74) is 2.13. The van der Waals surface area contributed by atoms with Gasteiger partial charge in [-0.2, -0.15) is 0 Å². The topological polar surface area (TPSA) is 57.3 Å². The summed E-state index contributed by atoms with van der Waals surface area (Å²) in [6.45, 7) is 0.206. The molecule has 0 unspecified atom stereocenters. The van der Waals surface area contributed by atoms with Gasteiger partial charge in [-0.15, -0.1) is 11.3 Å². The third kappa shape index (κ3) is 3.71. The lowest BCUT2D eigenvalue weighted by Crippen LogP contribution is -2.26. The third-order valence-corrected chi connectivity index (χ3v) is 6.20. The molecule has 5 aromatic rings. The van der Waals surface area contributed by atoms with Crippen LogP contribution in [0.1, 0.15) is 17.0 Å². The van der Waals surface area contributed by atoms with Crippen molar-refractivity contribution in [2.75, 3.05) is 7.11 Å². The molecule has 5 nitrogen and oxygen atoms in total. The van der Waals surface area contributed by atoms with Crippen LogP contribution < -0.4 is 10.3 Å². The number of furan rings is 1. The van der Waals surface area contributed by atoms with Gasteiger partial charge in [0.1, 0.15) is 28.0 Å². The lowest BCUT2D eigenvalue weighted by Gasteiger charge is -2.15. The van der Waals surface area contributed by atoms with Crippen LogP contribution in [0.4, 0.5) is 4.39 Å². The highest BCUT2D eigenvalue weighted by Crippen LogP contribution is 2.32. The Balaban J connectivity index is 1.70. The molecule has 0 spiro atoms. The number of aromatic nitrogens is 2. The van der Waals surface area contributed by atoms with Gasteiger partial charge in [0.2, 0.25) is 0 Å². The first kappa shape index (κ1) is 20.2. The summed E-state index contributed by atoms with van der Waals surface area (Å²) in [7, 11) is 1.62. The molecule has 160 valence electrons. The van der Waals surface area contributed by atoms with Crippen molar-refractivity contribution in [1.82, 2.24) is 9.55 Å². The van der Waals surface area contributed by atoms with Gasteiger partial charge < -0.3 is 9.15 Å². The first-order chi connectivity index (χ1) is 15.6. The van der Waals surface area contributed by atoms with Gasteiger partial charge in [-0.05, 0) is 35.9 Å². The van der Waals surface area contributed by atoms with E-state index in [0.29, 0.717) is 39.3 Å². The van der Waals surface area contributed by atoms with Crippen molar-refractivity contribution in [1.29, 1.82) is 0 Å². The molecule has 7 heteroatoms. The van der Waals surface area contributed by atoms with Gasteiger partial charge in [-0.25, -0.2) is 9.37 Å². The summed E-state index contributed by atoms with van der Waals surface area (Å²) in [6.07, 6.45) is 1.98. The number of benzene rings is 2. The molecule has 0 radical (unpaired) electrons. The molecular weight excluding hydrogens is 427 g/mol. The number of halogens is 1. The van der Waals surface area contributed by atoms with Crippen molar-refractivity contribution in [3.8, 4) is 17.1 Å². The number of ether oxygens (including phenoxy) is 1. The van der Waals surface area contributed by atoms with E-state index in [1.807, 2.05) is 35.7 Å². The summed E-state index contributed by atoms with van der Waals surface area (Å²) >= 11 is 1.40. The highest BCUT2D eigenvalue weighted by atomic mass is 32.1. The van der Waals surface area contributed by atoms with Gasteiger partial charge in [0, 0.05) is 22.9 Å². The molecule has 0 amide bonds. The van der Waals surface area contributed by atoms with Gasteiger partial charge in [-0.1, -0.05) is 30.3 Å². The van der Waals surface area contributed by atoms with Crippen molar-refractivity contribution < 1.29 is 13.5 Å². The number of fused-ring (bicyclic) bond motifs is 1. The molecule has 0 fully saturated rings. The Kier molecular flexibility index (Phi) is 5.33. The molecule has 0 aliphatic carbocycles. The highest BCUT2D eigenvalue weighted by molar-refractivity contribution is 7.17. The molecule has 0 aliphatic heterocycles. The zero-order chi connectivity index (χ0) is 22.1. The average Bonchev–Trinajstić information content (AvgIpc) is 3.47. The molecule has 2 aromatic carbocycles. The first-order valence-corrected chi connectivity index (χ1v) is 10.9. The molecule has 0 saturated carbocycles. The molecule has 5 rings (SSSR count). The predicted octanol–water partition coefficient (Wildman–Crippen LogP) is 5.50. The van der Waals surface area contributed by atoms with Crippen molar-refractivity contribution >= 4 is 21.6 Å². The fraction of sp³-hybridized carbons (Fsp3) is 0.120. The Morgan fingerprint density at radius 3 is 2.78 bits per heavy atom. The lowest BCUT2D eigenvalue weighted by molar-refractivity contribution is 0.410. The van der Waals surface area contributed by atoms with E-state index in [0.717, 1.165) is 11.3 Å². The highest BCUT2D eigenvalue weighted by Gasteiger charge is 2.19. The summed E-state index contributed by atoms with van der Waals surface area (Å²) in [5.74, 6) is 1.58. The number of hydrogen-bond donors (Lipinski definition) is 0. The largest absolute Gasteiger partial charge is 0.496 e. The summed E-state index contributed by atoms with van der Waals surface area (Å²) in [4.78, 5) is 19.2. The molecule has 3 aromatic heterocycles. The molecule has 0 N–H and O–H groups in total. The summed E-state index contributed by atoms with van der Waals surface area (Å²) < 4.78 is 26.5. The number of para-hydroxylation sites is 1. The van der Waals surface area contributed by atoms with Crippen LogP contribution in [0, 0.1) is 5.82 Å². The van der Waals surface area contributed by atoms with Crippen LogP contribution in [-0.4, -0.2) is 16.7 Å². The maximum absolute atomic E-state index is 13.8. The monoisotopic (exact) mass is 446 g/mol. The lowest BCUT2D eigenvalue weighted by atomic mass is 10.1. The van der Waals surface area contributed by atoms with Crippen molar-refractivity contribution in [2.24, 2.45) is 0 Å². The van der Waals surface area contributed by atoms with E-state index >= 15 is 0 Å². The van der Waals surface area contributed by atoms with Gasteiger partial charge in [-0.3, -0.25) is 9.36 Å². The maximum Gasteiger partial charge on any atom is 0.263 e. The Morgan fingerprint density at radius 2 is 2.00 bits per heavy atom. The minimum atomic E-state index is -0.345. The second kappa shape index (κ2) is 8.43. The van der Waals surface area contributed by atoms with Crippen molar-refractivity contribution in [3.05, 3.63) is 105 Å². The number of thiophene rings is 1. The van der Waals surface area contributed by atoms with Gasteiger partial charge >= 0.3 is 0 Å². The van der Waals surface area contributed by atoms with E-state index in [1.165, 1.54) is 23.5 Å². The van der Waals surface area contributed by atoms with Crippen molar-refractivity contribution in [3.63, 3.8) is 0 Å². The second-order valence-corrected chi connectivity index (χ2v) is 8.20. The van der Waals surface area contributed by atoms with Crippen LogP contribution in [0.15, 0.2) is 81.5 Å². The zero-order valence-electron chi connectivity index (χ0n) is 17.2. The Labute approximate surface area is 187 Å². The summed E-state index contributed by atoms with van der Waals surface area (Å²) in [5, 5.41) is 2.39. The van der Waals surface area contributed by atoms with E-state index in [-0.39, 0.29) is 17.9 Å². The zero-order valence-corrected chi connectivity index (χ0v) is 18.1. The van der Waals surface area contributed by atoms with E-state index < -0.39 is 0 Å². The molecule has 0 atom stereocenters. The van der Waals surface area contributed by atoms with Gasteiger partial charge in [0.05, 0.1) is 25.3 Å². The normalized spacial score (nSPS) is 11.2. The third-order valence-electron chi connectivity index (χ3n) is 5.33. The van der Waals surface area contributed by atoms with E-state index in [2.05, 4.69) is 0 Å². The fourth-order valence-corrected chi connectivity index (χ4v) is 4.75. The molecule has 32 heavy (non-hydrogen) atoms. The van der Waals surface area contributed by atoms with Crippen LogP contribution in [-0.2, 0) is 13.0 Å². The molecule has 3 heterocycles. The van der Waals surface area contributed by atoms with Crippen molar-refractivity contribution in [2.45, 2.75) is 13.0 Å². The Morgan fingerprint density at radius 1 is 1.12 bits per heavy atom. The standard InChI is InChI=1S/C25H19FN2O3S/c1-30-20-9-3-2-7-17(20)13-22-27-24-23(19(15-32-24)21-10-5-11-31-21)25(29)28(22)14-16-6-4-8-18(26)12-16/h2-12,15H,13-14H2,1H3.